The van der Waals surface area contributed by atoms with E-state index in [2.05, 4.69) is 5.32 Å². The van der Waals surface area contributed by atoms with Gasteiger partial charge >= 0.3 is 0 Å². The third-order valence-corrected chi connectivity index (χ3v) is 3.56. The Morgan fingerprint density at radius 1 is 1.14 bits per heavy atom. The fourth-order valence-corrected chi connectivity index (χ4v) is 2.13. The van der Waals surface area contributed by atoms with Gasteiger partial charge in [-0.05, 0) is 43.5 Å². The Morgan fingerprint density at radius 3 is 2.48 bits per heavy atom. The highest BCUT2D eigenvalue weighted by Gasteiger charge is 2.17. The van der Waals surface area contributed by atoms with E-state index in [0.29, 0.717) is 0 Å². The first-order valence-corrected chi connectivity index (χ1v) is 6.66. The zero-order chi connectivity index (χ0) is 15.6. The van der Waals surface area contributed by atoms with Crippen molar-refractivity contribution < 1.29 is 9.31 Å². The maximum Gasteiger partial charge on any atom is 0.292 e. The topological polar surface area (TPSA) is 55.2 Å². The minimum absolute atomic E-state index is 0.132. The van der Waals surface area contributed by atoms with Crippen molar-refractivity contribution in [2.75, 3.05) is 5.32 Å². The molecule has 1 atom stereocenters. The van der Waals surface area contributed by atoms with Gasteiger partial charge < -0.3 is 5.32 Å². The number of benzene rings is 2. The van der Waals surface area contributed by atoms with Crippen molar-refractivity contribution in [3.05, 3.63) is 69.0 Å². The number of rotatable bonds is 4. The molecule has 0 radical (unpaired) electrons. The molecule has 0 saturated carbocycles. The summed E-state index contributed by atoms with van der Waals surface area (Å²) in [6, 6.07) is 9.24. The smallest absolute Gasteiger partial charge is 0.292 e. The number of nitrogens with zero attached hydrogens (tertiary/aromatic N) is 1. The molecule has 0 bridgehead atoms. The van der Waals surface area contributed by atoms with Crippen LogP contribution in [0.3, 0.4) is 0 Å². The number of hydrogen-bond acceptors (Lipinski definition) is 3. The molecule has 0 fully saturated rings. The van der Waals surface area contributed by atoms with E-state index in [-0.39, 0.29) is 17.4 Å². The van der Waals surface area contributed by atoms with Crippen LogP contribution in [0.4, 0.5) is 15.8 Å². The summed E-state index contributed by atoms with van der Waals surface area (Å²) in [7, 11) is 0. The lowest BCUT2D eigenvalue weighted by Crippen LogP contribution is -2.09. The summed E-state index contributed by atoms with van der Waals surface area (Å²) >= 11 is 0. The predicted octanol–water partition coefficient (Wildman–Crippen LogP) is 4.52. The zero-order valence-corrected chi connectivity index (χ0v) is 12.2. The Labute approximate surface area is 122 Å². The van der Waals surface area contributed by atoms with E-state index in [4.69, 9.17) is 0 Å². The number of hydrogen-bond donors (Lipinski definition) is 1. The van der Waals surface area contributed by atoms with Crippen LogP contribution in [0.5, 0.6) is 0 Å². The number of nitrogens with one attached hydrogen (secondary N) is 1. The molecule has 1 N–H and O–H groups in total. The molecule has 4 nitrogen and oxygen atoms in total. The van der Waals surface area contributed by atoms with Gasteiger partial charge in [0.2, 0.25) is 0 Å². The molecule has 5 heteroatoms. The van der Waals surface area contributed by atoms with Gasteiger partial charge in [0.05, 0.1) is 4.92 Å². The van der Waals surface area contributed by atoms with Gasteiger partial charge in [-0.1, -0.05) is 18.2 Å². The molecule has 0 aliphatic carbocycles. The summed E-state index contributed by atoms with van der Waals surface area (Å²) in [5, 5.41) is 14.0. The third-order valence-electron chi connectivity index (χ3n) is 3.56. The molecule has 1 unspecified atom stereocenters. The van der Waals surface area contributed by atoms with Crippen LogP contribution >= 0.6 is 0 Å². The number of halogens is 1. The van der Waals surface area contributed by atoms with Gasteiger partial charge in [0.25, 0.3) is 5.69 Å². The lowest BCUT2D eigenvalue weighted by atomic mass is 10.0. The van der Waals surface area contributed by atoms with E-state index in [1.54, 1.807) is 0 Å². The minimum atomic E-state index is -0.519. The molecule has 2 aromatic carbocycles. The summed E-state index contributed by atoms with van der Waals surface area (Å²) in [5.74, 6) is -0.504. The molecular formula is C16H17FN2O2. The van der Waals surface area contributed by atoms with Crippen molar-refractivity contribution in [2.45, 2.75) is 26.8 Å². The van der Waals surface area contributed by atoms with Crippen LogP contribution in [0.2, 0.25) is 0 Å². The highest BCUT2D eigenvalue weighted by molar-refractivity contribution is 5.62. The summed E-state index contributed by atoms with van der Waals surface area (Å²) in [4.78, 5) is 10.5. The van der Waals surface area contributed by atoms with Gasteiger partial charge in [0, 0.05) is 18.2 Å². The van der Waals surface area contributed by atoms with Crippen LogP contribution in [0, 0.1) is 29.8 Å². The highest BCUT2D eigenvalue weighted by atomic mass is 19.1. The van der Waals surface area contributed by atoms with E-state index >= 15 is 0 Å². The van der Waals surface area contributed by atoms with Gasteiger partial charge in [0.15, 0.2) is 0 Å². The largest absolute Gasteiger partial charge is 0.373 e. The lowest BCUT2D eigenvalue weighted by molar-refractivity contribution is -0.384. The van der Waals surface area contributed by atoms with E-state index in [0.717, 1.165) is 23.3 Å². The van der Waals surface area contributed by atoms with Crippen molar-refractivity contribution in [1.82, 2.24) is 0 Å². The summed E-state index contributed by atoms with van der Waals surface area (Å²) in [6.07, 6.45) is 0. The Bertz CT molecular complexity index is 686. The monoisotopic (exact) mass is 288 g/mol. The molecule has 21 heavy (non-hydrogen) atoms. The van der Waals surface area contributed by atoms with Gasteiger partial charge in [-0.25, -0.2) is 4.39 Å². The van der Waals surface area contributed by atoms with Gasteiger partial charge in [-0.3, -0.25) is 10.1 Å². The summed E-state index contributed by atoms with van der Waals surface area (Å²) < 4.78 is 13.3. The first-order valence-electron chi connectivity index (χ1n) is 6.66. The predicted molar refractivity (Wildman–Crippen MR) is 81.0 cm³/mol. The Hall–Kier alpha value is -2.43. The second-order valence-corrected chi connectivity index (χ2v) is 5.13. The number of nitro groups is 1. The SMILES string of the molecule is Cc1ccc(C(C)Nc2cc(F)ccc2[N+](=O)[O-])cc1C. The van der Waals surface area contributed by atoms with Crippen molar-refractivity contribution in [2.24, 2.45) is 0 Å². The number of anilines is 1. The first-order chi connectivity index (χ1) is 9.88. The van der Waals surface area contributed by atoms with E-state index in [1.165, 1.54) is 11.6 Å². The zero-order valence-electron chi connectivity index (χ0n) is 12.2. The fourth-order valence-electron chi connectivity index (χ4n) is 2.13. The first kappa shape index (κ1) is 15.0. The molecule has 110 valence electrons. The van der Waals surface area contributed by atoms with Crippen LogP contribution in [-0.2, 0) is 0 Å². The maximum atomic E-state index is 13.3. The minimum Gasteiger partial charge on any atom is -0.373 e. The van der Waals surface area contributed by atoms with Crippen LogP contribution in [0.1, 0.15) is 29.7 Å². The van der Waals surface area contributed by atoms with E-state index < -0.39 is 10.7 Å². The maximum absolute atomic E-state index is 13.3. The Kier molecular flexibility index (Phi) is 4.21. The average Bonchev–Trinajstić information content (AvgIpc) is 2.41. The second-order valence-electron chi connectivity index (χ2n) is 5.13. The Morgan fingerprint density at radius 2 is 1.86 bits per heavy atom. The van der Waals surface area contributed by atoms with E-state index in [9.17, 15) is 14.5 Å². The molecule has 0 saturated heterocycles. The fraction of sp³-hybridized carbons (Fsp3) is 0.250. The summed E-state index contributed by atoms with van der Waals surface area (Å²) in [6.45, 7) is 5.92. The number of nitro benzene ring substituents is 1. The van der Waals surface area contributed by atoms with Crippen LogP contribution in [0.25, 0.3) is 0 Å². The van der Waals surface area contributed by atoms with Crippen LogP contribution in [0.15, 0.2) is 36.4 Å². The normalized spacial score (nSPS) is 12.0. The molecule has 0 aromatic heterocycles. The van der Waals surface area contributed by atoms with Gasteiger partial charge in [-0.15, -0.1) is 0 Å². The highest BCUT2D eigenvalue weighted by Crippen LogP contribution is 2.29. The molecule has 2 rings (SSSR count). The average molecular weight is 288 g/mol. The summed E-state index contributed by atoms with van der Waals surface area (Å²) in [5.41, 5.74) is 3.38. The lowest BCUT2D eigenvalue weighted by Gasteiger charge is -2.17. The third kappa shape index (κ3) is 3.37. The van der Waals surface area contributed by atoms with Crippen LogP contribution in [-0.4, -0.2) is 4.92 Å². The molecule has 0 amide bonds. The second kappa shape index (κ2) is 5.91. The van der Waals surface area contributed by atoms with Crippen molar-refractivity contribution in [3.8, 4) is 0 Å². The molecular weight excluding hydrogens is 271 g/mol. The van der Waals surface area contributed by atoms with Crippen molar-refractivity contribution >= 4 is 11.4 Å². The molecule has 0 heterocycles. The van der Waals surface area contributed by atoms with Crippen molar-refractivity contribution in [3.63, 3.8) is 0 Å². The molecule has 2 aromatic rings. The molecule has 0 aliphatic heterocycles. The molecule has 0 aliphatic rings. The van der Waals surface area contributed by atoms with Crippen LogP contribution < -0.4 is 5.32 Å². The van der Waals surface area contributed by atoms with E-state index in [1.807, 2.05) is 39.0 Å². The Balaban J connectivity index is 2.30. The van der Waals surface area contributed by atoms with Crippen molar-refractivity contribution in [1.29, 1.82) is 0 Å². The number of aryl methyl sites for hydroxylation is 2. The standard InChI is InChI=1S/C16H17FN2O2/c1-10-4-5-13(8-11(10)2)12(3)18-15-9-14(17)6-7-16(15)19(20)21/h4-9,12,18H,1-3H3. The molecule has 0 spiro atoms. The van der Waals surface area contributed by atoms with Gasteiger partial charge in [-0.2, -0.15) is 0 Å². The van der Waals surface area contributed by atoms with Gasteiger partial charge in [0.1, 0.15) is 11.5 Å². The quantitative estimate of drug-likeness (QED) is 0.664.